The molecule has 0 radical (unpaired) electrons. The van der Waals surface area contributed by atoms with Crippen molar-refractivity contribution in [3.8, 4) is 23.0 Å². The van der Waals surface area contributed by atoms with Crippen LogP contribution in [-0.4, -0.2) is 56.3 Å². The van der Waals surface area contributed by atoms with Gasteiger partial charge >= 0.3 is 6.03 Å². The summed E-state index contributed by atoms with van der Waals surface area (Å²) in [4.78, 5) is 19.2. The van der Waals surface area contributed by atoms with E-state index in [0.29, 0.717) is 29.5 Å². The van der Waals surface area contributed by atoms with E-state index in [1.165, 1.54) is 12.8 Å². The standard InChI is InChI=1S/C26H32N4O4/c1-17-14-23(18(2)13-20(17)29-26(31)28-9-12-30-10-5-6-11-30)34-22-7-8-27-21-16-25(33-4)24(32-3)15-19(21)22/h7-8,13-16H,5-6,9-12H2,1-4H3,(H2,28,29,31). The Balaban J connectivity index is 1.47. The van der Waals surface area contributed by atoms with E-state index < -0.39 is 0 Å². The Bertz CT molecular complexity index is 1180. The minimum atomic E-state index is -0.198. The average molecular weight is 465 g/mol. The molecule has 3 aromatic rings. The molecule has 1 aliphatic rings. The van der Waals surface area contributed by atoms with Gasteiger partial charge in [-0.25, -0.2) is 4.79 Å². The number of nitrogens with zero attached hydrogens (tertiary/aromatic N) is 2. The molecule has 34 heavy (non-hydrogen) atoms. The number of methoxy groups -OCH3 is 2. The summed E-state index contributed by atoms with van der Waals surface area (Å²) in [5, 5.41) is 6.72. The first kappa shape index (κ1) is 23.6. The minimum Gasteiger partial charge on any atom is -0.493 e. The SMILES string of the molecule is COc1cc2nccc(Oc3cc(C)c(NC(=O)NCCN4CCCC4)cc3C)c2cc1OC. The normalized spacial score (nSPS) is 13.6. The number of amides is 2. The number of ether oxygens (including phenoxy) is 3. The third-order valence-corrected chi connectivity index (χ3v) is 6.11. The van der Waals surface area contributed by atoms with E-state index in [-0.39, 0.29) is 6.03 Å². The molecule has 2 heterocycles. The van der Waals surface area contributed by atoms with E-state index in [9.17, 15) is 4.79 Å². The Morgan fingerprint density at radius 1 is 0.971 bits per heavy atom. The maximum absolute atomic E-state index is 12.4. The van der Waals surface area contributed by atoms with E-state index in [1.54, 1.807) is 20.4 Å². The number of carbonyl (C=O) groups is 1. The fourth-order valence-corrected chi connectivity index (χ4v) is 4.19. The lowest BCUT2D eigenvalue weighted by Crippen LogP contribution is -2.36. The van der Waals surface area contributed by atoms with E-state index in [4.69, 9.17) is 14.2 Å². The van der Waals surface area contributed by atoms with Gasteiger partial charge in [-0.2, -0.15) is 0 Å². The van der Waals surface area contributed by atoms with Crippen LogP contribution in [0.15, 0.2) is 36.5 Å². The Kier molecular flexibility index (Phi) is 7.37. The van der Waals surface area contributed by atoms with Gasteiger partial charge in [0.05, 0.1) is 19.7 Å². The van der Waals surface area contributed by atoms with Gasteiger partial charge in [0.15, 0.2) is 11.5 Å². The third-order valence-electron chi connectivity index (χ3n) is 6.11. The second-order valence-electron chi connectivity index (χ2n) is 8.50. The summed E-state index contributed by atoms with van der Waals surface area (Å²) in [7, 11) is 3.20. The highest BCUT2D eigenvalue weighted by molar-refractivity contribution is 5.91. The van der Waals surface area contributed by atoms with Crippen molar-refractivity contribution in [3.63, 3.8) is 0 Å². The van der Waals surface area contributed by atoms with Crippen molar-refractivity contribution in [3.05, 3.63) is 47.7 Å². The number of carbonyl (C=O) groups excluding carboxylic acids is 1. The molecule has 0 bridgehead atoms. The van der Waals surface area contributed by atoms with Crippen molar-refractivity contribution in [1.29, 1.82) is 0 Å². The molecule has 1 aliphatic heterocycles. The predicted molar refractivity (Wildman–Crippen MR) is 134 cm³/mol. The summed E-state index contributed by atoms with van der Waals surface area (Å²) in [6, 6.07) is 9.18. The molecule has 180 valence electrons. The fraction of sp³-hybridized carbons (Fsp3) is 0.385. The van der Waals surface area contributed by atoms with E-state index in [2.05, 4.69) is 20.5 Å². The Morgan fingerprint density at radius 3 is 2.44 bits per heavy atom. The molecule has 4 rings (SSSR count). The van der Waals surface area contributed by atoms with Crippen LogP contribution >= 0.6 is 0 Å². The van der Waals surface area contributed by atoms with Crippen LogP contribution in [0.3, 0.4) is 0 Å². The van der Waals surface area contributed by atoms with Crippen molar-refractivity contribution in [2.75, 3.05) is 45.7 Å². The molecule has 0 atom stereocenters. The topological polar surface area (TPSA) is 85.0 Å². The second-order valence-corrected chi connectivity index (χ2v) is 8.50. The zero-order valence-corrected chi connectivity index (χ0v) is 20.2. The summed E-state index contributed by atoms with van der Waals surface area (Å²) in [6.07, 6.45) is 4.19. The van der Waals surface area contributed by atoms with Crippen LogP contribution in [0, 0.1) is 13.8 Å². The number of rotatable bonds is 8. The number of anilines is 1. The van der Waals surface area contributed by atoms with Crippen molar-refractivity contribution < 1.29 is 19.0 Å². The van der Waals surface area contributed by atoms with Crippen LogP contribution in [0.4, 0.5) is 10.5 Å². The first-order valence-electron chi connectivity index (χ1n) is 11.6. The molecule has 0 spiro atoms. The van der Waals surface area contributed by atoms with Gasteiger partial charge in [-0.15, -0.1) is 0 Å². The second kappa shape index (κ2) is 10.6. The largest absolute Gasteiger partial charge is 0.493 e. The monoisotopic (exact) mass is 464 g/mol. The minimum absolute atomic E-state index is 0.198. The van der Waals surface area contributed by atoms with Crippen molar-refractivity contribution in [2.24, 2.45) is 0 Å². The number of nitrogens with one attached hydrogen (secondary N) is 2. The van der Waals surface area contributed by atoms with Crippen LogP contribution in [0.2, 0.25) is 0 Å². The highest BCUT2D eigenvalue weighted by Crippen LogP contribution is 2.38. The highest BCUT2D eigenvalue weighted by atomic mass is 16.5. The van der Waals surface area contributed by atoms with E-state index >= 15 is 0 Å². The zero-order chi connectivity index (χ0) is 24.1. The number of benzene rings is 2. The van der Waals surface area contributed by atoms with Gasteiger partial charge in [-0.1, -0.05) is 0 Å². The number of hydrogen-bond donors (Lipinski definition) is 2. The van der Waals surface area contributed by atoms with E-state index in [0.717, 1.165) is 47.4 Å². The molecule has 2 amide bonds. The molecule has 0 saturated carbocycles. The summed E-state index contributed by atoms with van der Waals surface area (Å²) in [5.41, 5.74) is 3.32. The van der Waals surface area contributed by atoms with Crippen LogP contribution in [0.1, 0.15) is 24.0 Å². The van der Waals surface area contributed by atoms with Crippen LogP contribution in [0.25, 0.3) is 10.9 Å². The van der Waals surface area contributed by atoms with Crippen molar-refractivity contribution in [2.45, 2.75) is 26.7 Å². The Hall–Kier alpha value is -3.52. The Morgan fingerprint density at radius 2 is 1.71 bits per heavy atom. The number of fused-ring (bicyclic) bond motifs is 1. The Labute approximate surface area is 200 Å². The highest BCUT2D eigenvalue weighted by Gasteiger charge is 2.15. The summed E-state index contributed by atoms with van der Waals surface area (Å²) in [5.74, 6) is 2.59. The zero-order valence-electron chi connectivity index (χ0n) is 20.2. The van der Waals surface area contributed by atoms with Gasteiger partial charge in [0.2, 0.25) is 0 Å². The number of hydrogen-bond acceptors (Lipinski definition) is 6. The molecule has 1 fully saturated rings. The average Bonchev–Trinajstić information content (AvgIpc) is 3.35. The summed E-state index contributed by atoms with van der Waals surface area (Å²) < 4.78 is 17.1. The van der Waals surface area contributed by atoms with Gasteiger partial charge in [0.25, 0.3) is 0 Å². The van der Waals surface area contributed by atoms with Crippen molar-refractivity contribution in [1.82, 2.24) is 15.2 Å². The van der Waals surface area contributed by atoms with Crippen LogP contribution in [-0.2, 0) is 0 Å². The molecule has 2 aromatic carbocycles. The number of aromatic nitrogens is 1. The third kappa shape index (κ3) is 5.34. The van der Waals surface area contributed by atoms with Gasteiger partial charge < -0.3 is 29.7 Å². The molecule has 0 aliphatic carbocycles. The fourth-order valence-electron chi connectivity index (χ4n) is 4.19. The number of urea groups is 1. The maximum Gasteiger partial charge on any atom is 0.319 e. The quantitative estimate of drug-likeness (QED) is 0.494. The van der Waals surface area contributed by atoms with Gasteiger partial charge in [-0.05, 0) is 75.2 Å². The molecule has 1 saturated heterocycles. The van der Waals surface area contributed by atoms with Gasteiger partial charge in [0, 0.05) is 36.4 Å². The smallest absolute Gasteiger partial charge is 0.319 e. The summed E-state index contributed by atoms with van der Waals surface area (Å²) >= 11 is 0. The van der Waals surface area contributed by atoms with E-state index in [1.807, 2.05) is 44.2 Å². The summed E-state index contributed by atoms with van der Waals surface area (Å²) in [6.45, 7) is 7.67. The molecular formula is C26H32N4O4. The number of aryl methyl sites for hydroxylation is 2. The van der Waals surface area contributed by atoms with Crippen LogP contribution < -0.4 is 24.8 Å². The van der Waals surface area contributed by atoms with Crippen molar-refractivity contribution >= 4 is 22.6 Å². The van der Waals surface area contributed by atoms with Gasteiger partial charge in [0.1, 0.15) is 11.5 Å². The molecular weight excluding hydrogens is 432 g/mol. The lowest BCUT2D eigenvalue weighted by molar-refractivity contribution is 0.249. The number of likely N-dealkylation sites (tertiary alicyclic amines) is 1. The number of pyridine rings is 1. The lowest BCUT2D eigenvalue weighted by Gasteiger charge is -2.17. The van der Waals surface area contributed by atoms with Crippen LogP contribution in [0.5, 0.6) is 23.0 Å². The first-order valence-corrected chi connectivity index (χ1v) is 11.6. The predicted octanol–water partition coefficient (Wildman–Crippen LogP) is 4.88. The molecule has 2 N–H and O–H groups in total. The van der Waals surface area contributed by atoms with Gasteiger partial charge in [-0.3, -0.25) is 4.98 Å². The molecule has 0 unspecified atom stereocenters. The maximum atomic E-state index is 12.4. The molecule has 8 heteroatoms. The first-order chi connectivity index (χ1) is 16.5. The lowest BCUT2D eigenvalue weighted by atomic mass is 10.1. The molecule has 8 nitrogen and oxygen atoms in total. The molecule has 1 aromatic heterocycles.